The Morgan fingerprint density at radius 2 is 1.73 bits per heavy atom. The molecule has 152 valence electrons. The van der Waals surface area contributed by atoms with Crippen molar-refractivity contribution in [1.29, 1.82) is 0 Å². The summed E-state index contributed by atoms with van der Waals surface area (Å²) >= 11 is 0. The van der Waals surface area contributed by atoms with E-state index in [1.54, 1.807) is 7.11 Å². The second kappa shape index (κ2) is 11.8. The molecule has 2 rings (SSSR count). The Morgan fingerprint density at radius 1 is 1.04 bits per heavy atom. The first kappa shape index (κ1) is 21.5. The molecule has 0 aromatic heterocycles. The van der Waals surface area contributed by atoms with Crippen molar-refractivity contribution in [2.45, 2.75) is 46.0 Å². The van der Waals surface area contributed by atoms with Crippen LogP contribution in [0.2, 0.25) is 0 Å². The van der Waals surface area contributed by atoms with Crippen LogP contribution in [-0.2, 0) is 4.74 Å². The molecule has 0 bridgehead atoms. The van der Waals surface area contributed by atoms with Crippen LogP contribution in [0.25, 0.3) is 0 Å². The normalized spacial score (nSPS) is 21.9. The number of guanidine groups is 1. The Hall–Kier alpha value is -0.850. The van der Waals surface area contributed by atoms with E-state index >= 15 is 0 Å². The van der Waals surface area contributed by atoms with Gasteiger partial charge in [-0.15, -0.1) is 0 Å². The van der Waals surface area contributed by atoms with Crippen LogP contribution in [0.4, 0.5) is 0 Å². The van der Waals surface area contributed by atoms with Gasteiger partial charge in [0.2, 0.25) is 0 Å². The minimum atomic E-state index is 0.356. The van der Waals surface area contributed by atoms with Crippen LogP contribution in [0.1, 0.15) is 46.0 Å². The molecule has 0 unspecified atom stereocenters. The minimum absolute atomic E-state index is 0.356. The minimum Gasteiger partial charge on any atom is -0.385 e. The summed E-state index contributed by atoms with van der Waals surface area (Å²) in [5.74, 6) is 0.975. The van der Waals surface area contributed by atoms with E-state index in [1.807, 2.05) is 0 Å². The highest BCUT2D eigenvalue weighted by molar-refractivity contribution is 5.79. The van der Waals surface area contributed by atoms with Crippen molar-refractivity contribution in [2.75, 3.05) is 72.6 Å². The third-order valence-corrected chi connectivity index (χ3v) is 6.05. The first-order valence-corrected chi connectivity index (χ1v) is 10.7. The summed E-state index contributed by atoms with van der Waals surface area (Å²) in [4.78, 5) is 10.0. The van der Waals surface area contributed by atoms with Crippen molar-refractivity contribution in [1.82, 2.24) is 20.4 Å². The van der Waals surface area contributed by atoms with Crippen molar-refractivity contribution < 1.29 is 4.74 Å². The van der Waals surface area contributed by atoms with E-state index in [9.17, 15) is 0 Å². The number of aliphatic imine (C=N–C) groups is 1. The number of methoxy groups -OCH3 is 1. The van der Waals surface area contributed by atoms with Crippen molar-refractivity contribution in [2.24, 2.45) is 10.4 Å². The highest BCUT2D eigenvalue weighted by Crippen LogP contribution is 2.41. The largest absolute Gasteiger partial charge is 0.385 e. The van der Waals surface area contributed by atoms with E-state index in [0.717, 1.165) is 45.2 Å². The summed E-state index contributed by atoms with van der Waals surface area (Å²) in [6, 6.07) is 0. The van der Waals surface area contributed by atoms with Crippen LogP contribution in [0.3, 0.4) is 0 Å². The zero-order chi connectivity index (χ0) is 18.7. The molecule has 26 heavy (non-hydrogen) atoms. The second-order valence-electron chi connectivity index (χ2n) is 7.85. The molecular weight excluding hydrogens is 326 g/mol. The molecule has 0 aromatic rings. The fourth-order valence-corrected chi connectivity index (χ4v) is 4.18. The fourth-order valence-electron chi connectivity index (χ4n) is 4.18. The number of piperazine rings is 1. The molecule has 0 aromatic carbocycles. The molecule has 1 aliphatic carbocycles. The van der Waals surface area contributed by atoms with Crippen LogP contribution in [0.5, 0.6) is 0 Å². The van der Waals surface area contributed by atoms with E-state index in [1.165, 1.54) is 58.4 Å². The number of hydrogen-bond acceptors (Lipinski definition) is 4. The fraction of sp³-hybridized carbons (Fsp3) is 0.950. The predicted octanol–water partition coefficient (Wildman–Crippen LogP) is 1.78. The number of hydrogen-bond donors (Lipinski definition) is 2. The molecule has 0 atom stereocenters. The third-order valence-electron chi connectivity index (χ3n) is 6.05. The van der Waals surface area contributed by atoms with Gasteiger partial charge in [0.1, 0.15) is 0 Å². The Morgan fingerprint density at radius 3 is 2.35 bits per heavy atom. The third kappa shape index (κ3) is 7.05. The second-order valence-corrected chi connectivity index (χ2v) is 7.85. The molecule has 6 nitrogen and oxygen atoms in total. The lowest BCUT2D eigenvalue weighted by Gasteiger charge is -2.34. The summed E-state index contributed by atoms with van der Waals surface area (Å²) in [6.07, 6.45) is 6.40. The van der Waals surface area contributed by atoms with Gasteiger partial charge in [-0.1, -0.05) is 19.8 Å². The van der Waals surface area contributed by atoms with E-state index < -0.39 is 0 Å². The van der Waals surface area contributed by atoms with Crippen LogP contribution in [0, 0.1) is 5.41 Å². The van der Waals surface area contributed by atoms with Gasteiger partial charge in [0.15, 0.2) is 5.96 Å². The summed E-state index contributed by atoms with van der Waals surface area (Å²) in [6.45, 7) is 15.1. The molecule has 6 heteroatoms. The molecule has 0 spiro atoms. The summed E-state index contributed by atoms with van der Waals surface area (Å²) in [5, 5.41) is 6.96. The number of ether oxygens (including phenoxy) is 1. The molecule has 0 amide bonds. The standard InChI is InChI=1S/C20H41N5O/c1-4-21-19(22-11-12-25-15-13-24(5-2)14-16-25)23-18-20(10-17-26-3)8-6-7-9-20/h4-18H2,1-3H3,(H2,21,22,23). The maximum absolute atomic E-state index is 5.34. The molecule has 2 aliphatic rings. The van der Waals surface area contributed by atoms with Crippen molar-refractivity contribution >= 4 is 5.96 Å². The lowest BCUT2D eigenvalue weighted by Crippen LogP contribution is -2.49. The van der Waals surface area contributed by atoms with Crippen LogP contribution < -0.4 is 10.6 Å². The first-order chi connectivity index (χ1) is 12.7. The summed E-state index contributed by atoms with van der Waals surface area (Å²) < 4.78 is 5.34. The molecule has 2 N–H and O–H groups in total. The Kier molecular flexibility index (Phi) is 9.72. The summed E-state index contributed by atoms with van der Waals surface area (Å²) in [7, 11) is 1.80. The van der Waals surface area contributed by atoms with Gasteiger partial charge in [-0.2, -0.15) is 0 Å². The first-order valence-electron chi connectivity index (χ1n) is 10.7. The number of nitrogens with zero attached hydrogens (tertiary/aromatic N) is 3. The molecule has 1 heterocycles. The lowest BCUT2D eigenvalue weighted by atomic mass is 9.83. The number of nitrogens with one attached hydrogen (secondary N) is 2. The van der Waals surface area contributed by atoms with E-state index in [0.29, 0.717) is 5.41 Å². The molecule has 1 aliphatic heterocycles. The quantitative estimate of drug-likeness (QED) is 0.455. The average molecular weight is 368 g/mol. The summed E-state index contributed by atoms with van der Waals surface area (Å²) in [5.41, 5.74) is 0.356. The van der Waals surface area contributed by atoms with Gasteiger partial charge in [-0.25, -0.2) is 0 Å². The Balaban J connectivity index is 1.76. The topological polar surface area (TPSA) is 52.1 Å². The SMILES string of the molecule is CCNC(=NCC1(CCOC)CCCC1)NCCN1CCN(CC)CC1. The lowest BCUT2D eigenvalue weighted by molar-refractivity contribution is 0.139. The number of rotatable bonds is 10. The van der Waals surface area contributed by atoms with Gasteiger partial charge in [0.05, 0.1) is 0 Å². The molecule has 0 radical (unpaired) electrons. The van der Waals surface area contributed by atoms with E-state index in [4.69, 9.17) is 9.73 Å². The van der Waals surface area contributed by atoms with Gasteiger partial charge < -0.3 is 20.3 Å². The smallest absolute Gasteiger partial charge is 0.191 e. The highest BCUT2D eigenvalue weighted by atomic mass is 16.5. The van der Waals surface area contributed by atoms with Gasteiger partial charge in [-0.05, 0) is 38.1 Å². The zero-order valence-corrected chi connectivity index (χ0v) is 17.4. The van der Waals surface area contributed by atoms with Crippen LogP contribution in [0.15, 0.2) is 4.99 Å². The Bertz CT molecular complexity index is 401. The van der Waals surface area contributed by atoms with E-state index in [2.05, 4.69) is 34.3 Å². The van der Waals surface area contributed by atoms with Gasteiger partial charge in [0.25, 0.3) is 0 Å². The van der Waals surface area contributed by atoms with Gasteiger partial charge in [-0.3, -0.25) is 9.89 Å². The molecule has 1 saturated carbocycles. The maximum Gasteiger partial charge on any atom is 0.191 e. The highest BCUT2D eigenvalue weighted by Gasteiger charge is 2.33. The van der Waals surface area contributed by atoms with Crippen LogP contribution in [-0.4, -0.2) is 88.4 Å². The maximum atomic E-state index is 5.34. The molecular formula is C20H41N5O. The van der Waals surface area contributed by atoms with Gasteiger partial charge >= 0.3 is 0 Å². The van der Waals surface area contributed by atoms with E-state index in [-0.39, 0.29) is 0 Å². The van der Waals surface area contributed by atoms with Crippen molar-refractivity contribution in [3.63, 3.8) is 0 Å². The van der Waals surface area contributed by atoms with Crippen LogP contribution >= 0.6 is 0 Å². The molecule has 2 fully saturated rings. The predicted molar refractivity (Wildman–Crippen MR) is 110 cm³/mol. The number of likely N-dealkylation sites (N-methyl/N-ethyl adjacent to an activating group) is 1. The van der Waals surface area contributed by atoms with Gasteiger partial charge in [0, 0.05) is 66.1 Å². The average Bonchev–Trinajstić information content (AvgIpc) is 3.14. The van der Waals surface area contributed by atoms with Crippen molar-refractivity contribution in [3.05, 3.63) is 0 Å². The Labute approximate surface area is 160 Å². The zero-order valence-electron chi connectivity index (χ0n) is 17.4. The van der Waals surface area contributed by atoms with Crippen molar-refractivity contribution in [3.8, 4) is 0 Å². The molecule has 1 saturated heterocycles. The monoisotopic (exact) mass is 367 g/mol.